The molecule has 0 radical (unpaired) electrons. The maximum atomic E-state index is 6.13. The largest absolute Gasteiger partial charge is 0.378 e. The first-order valence-electron chi connectivity index (χ1n) is 12.1. The SMILES string of the molecule is CN(C)c1ccc(-c2ccnc(N[C@@H]3CO[C@@H]4[C@@H]3OC[C@@H]4NCCCc3ccccc3)n2)cc1. The van der Waals surface area contributed by atoms with Gasteiger partial charge < -0.3 is 25.0 Å². The summed E-state index contributed by atoms with van der Waals surface area (Å²) in [6.45, 7) is 2.20. The minimum Gasteiger partial charge on any atom is -0.378 e. The third kappa shape index (κ3) is 5.22. The summed E-state index contributed by atoms with van der Waals surface area (Å²) in [5.41, 5.74) is 4.49. The monoisotopic (exact) mass is 459 g/mol. The molecular weight excluding hydrogens is 426 g/mol. The molecule has 5 rings (SSSR count). The average molecular weight is 460 g/mol. The number of rotatable bonds is 9. The molecule has 2 aliphatic heterocycles. The van der Waals surface area contributed by atoms with Crippen LogP contribution in [0, 0.1) is 0 Å². The third-order valence-electron chi connectivity index (χ3n) is 6.59. The summed E-state index contributed by atoms with van der Waals surface area (Å²) in [6, 6.07) is 21.2. The molecule has 7 heteroatoms. The molecule has 2 aliphatic rings. The van der Waals surface area contributed by atoms with Crippen LogP contribution in [0.15, 0.2) is 66.9 Å². The van der Waals surface area contributed by atoms with Gasteiger partial charge in [0.1, 0.15) is 12.2 Å². The van der Waals surface area contributed by atoms with Crippen molar-refractivity contribution in [1.82, 2.24) is 15.3 Å². The Hall–Kier alpha value is -3.00. The zero-order valence-corrected chi connectivity index (χ0v) is 19.9. The molecule has 0 bridgehead atoms. The number of hydrogen-bond donors (Lipinski definition) is 2. The van der Waals surface area contributed by atoms with Crippen molar-refractivity contribution in [2.45, 2.75) is 37.1 Å². The molecule has 0 unspecified atom stereocenters. The van der Waals surface area contributed by atoms with Gasteiger partial charge in [0, 0.05) is 31.5 Å². The van der Waals surface area contributed by atoms with Crippen LogP contribution in [-0.2, 0) is 15.9 Å². The molecule has 0 aliphatic carbocycles. The summed E-state index contributed by atoms with van der Waals surface area (Å²) >= 11 is 0. The van der Waals surface area contributed by atoms with Gasteiger partial charge in [0.25, 0.3) is 0 Å². The van der Waals surface area contributed by atoms with E-state index in [4.69, 9.17) is 14.5 Å². The fourth-order valence-electron chi connectivity index (χ4n) is 4.71. The van der Waals surface area contributed by atoms with Crippen molar-refractivity contribution in [2.24, 2.45) is 0 Å². The lowest BCUT2D eigenvalue weighted by Crippen LogP contribution is -2.42. The topological polar surface area (TPSA) is 71.5 Å². The second-order valence-corrected chi connectivity index (χ2v) is 9.20. The van der Waals surface area contributed by atoms with Crippen LogP contribution in [0.3, 0.4) is 0 Å². The van der Waals surface area contributed by atoms with E-state index in [-0.39, 0.29) is 24.3 Å². The highest BCUT2D eigenvalue weighted by atomic mass is 16.6. The van der Waals surface area contributed by atoms with Crippen LogP contribution in [0.5, 0.6) is 0 Å². The number of aryl methyl sites for hydroxylation is 1. The lowest BCUT2D eigenvalue weighted by molar-refractivity contribution is 0.0676. The Bertz CT molecular complexity index is 1060. The third-order valence-corrected chi connectivity index (χ3v) is 6.59. The molecule has 3 aromatic rings. The van der Waals surface area contributed by atoms with Gasteiger partial charge in [-0.2, -0.15) is 0 Å². The lowest BCUT2D eigenvalue weighted by Gasteiger charge is -2.18. The molecule has 2 N–H and O–H groups in total. The highest BCUT2D eigenvalue weighted by molar-refractivity contribution is 5.63. The molecule has 0 spiro atoms. The van der Waals surface area contributed by atoms with Crippen molar-refractivity contribution in [3.05, 3.63) is 72.4 Å². The van der Waals surface area contributed by atoms with Crippen LogP contribution in [0.25, 0.3) is 11.3 Å². The van der Waals surface area contributed by atoms with Crippen molar-refractivity contribution < 1.29 is 9.47 Å². The number of anilines is 2. The fraction of sp³-hybridized carbons (Fsp3) is 0.407. The first-order chi connectivity index (χ1) is 16.7. The maximum Gasteiger partial charge on any atom is 0.223 e. The standard InChI is InChI=1S/C27H33N5O2/c1-32(2)21-12-10-20(11-13-21)22-14-16-29-27(30-22)31-24-18-34-25-23(17-33-26(24)25)28-15-6-9-19-7-4-3-5-8-19/h3-5,7-8,10-14,16,23-26,28H,6,9,15,17-18H2,1-2H3,(H,29,30,31)/t23-,24+,25-,26+/m0/s1. The number of fused-ring (bicyclic) bond motifs is 1. The molecule has 0 amide bonds. The Morgan fingerprint density at radius 3 is 2.41 bits per heavy atom. The average Bonchev–Trinajstić information content (AvgIpc) is 3.46. The minimum atomic E-state index is -0.00162. The molecule has 1 aromatic heterocycles. The Labute approximate surface area is 201 Å². The van der Waals surface area contributed by atoms with Crippen molar-refractivity contribution in [2.75, 3.05) is 44.1 Å². The van der Waals surface area contributed by atoms with E-state index in [1.807, 2.05) is 20.2 Å². The zero-order chi connectivity index (χ0) is 23.3. The lowest BCUT2D eigenvalue weighted by atomic mass is 10.1. The smallest absolute Gasteiger partial charge is 0.223 e. The van der Waals surface area contributed by atoms with Crippen molar-refractivity contribution in [3.8, 4) is 11.3 Å². The molecule has 0 saturated carbocycles. The summed E-state index contributed by atoms with van der Waals surface area (Å²) in [5.74, 6) is 0.603. The summed E-state index contributed by atoms with van der Waals surface area (Å²) < 4.78 is 12.3. The van der Waals surface area contributed by atoms with E-state index in [0.717, 1.165) is 36.3 Å². The number of aromatic nitrogens is 2. The van der Waals surface area contributed by atoms with Crippen LogP contribution >= 0.6 is 0 Å². The van der Waals surface area contributed by atoms with Crippen LogP contribution in [-0.4, -0.2) is 68.1 Å². The van der Waals surface area contributed by atoms with Gasteiger partial charge in [-0.05, 0) is 43.1 Å². The minimum absolute atomic E-state index is 0.00162. The van der Waals surface area contributed by atoms with E-state index in [1.54, 1.807) is 6.20 Å². The predicted octanol–water partition coefficient (Wildman–Crippen LogP) is 3.38. The van der Waals surface area contributed by atoms with Gasteiger partial charge in [0.05, 0.1) is 31.0 Å². The molecule has 4 atom stereocenters. The zero-order valence-electron chi connectivity index (χ0n) is 19.9. The van der Waals surface area contributed by atoms with Crippen molar-refractivity contribution in [1.29, 1.82) is 0 Å². The maximum absolute atomic E-state index is 6.13. The number of benzene rings is 2. The van der Waals surface area contributed by atoms with E-state index in [9.17, 15) is 0 Å². The fourth-order valence-corrected chi connectivity index (χ4v) is 4.71. The van der Waals surface area contributed by atoms with Gasteiger partial charge in [-0.25, -0.2) is 9.97 Å². The second kappa shape index (κ2) is 10.5. The van der Waals surface area contributed by atoms with E-state index >= 15 is 0 Å². The van der Waals surface area contributed by atoms with Gasteiger partial charge in [0.2, 0.25) is 5.95 Å². The van der Waals surface area contributed by atoms with Gasteiger partial charge in [-0.3, -0.25) is 0 Å². The van der Waals surface area contributed by atoms with E-state index < -0.39 is 0 Å². The first kappa shape index (κ1) is 22.8. The summed E-state index contributed by atoms with van der Waals surface area (Å²) in [7, 11) is 4.07. The Balaban J connectivity index is 1.14. The second-order valence-electron chi connectivity index (χ2n) is 9.20. The highest BCUT2D eigenvalue weighted by Crippen LogP contribution is 2.29. The van der Waals surface area contributed by atoms with E-state index in [1.165, 1.54) is 5.56 Å². The molecule has 178 valence electrons. The quantitative estimate of drug-likeness (QED) is 0.476. The van der Waals surface area contributed by atoms with Crippen LogP contribution in [0.1, 0.15) is 12.0 Å². The summed E-state index contributed by atoms with van der Waals surface area (Å²) in [4.78, 5) is 11.3. The highest BCUT2D eigenvalue weighted by Gasteiger charge is 2.47. The summed E-state index contributed by atoms with van der Waals surface area (Å²) in [5, 5.41) is 7.09. The van der Waals surface area contributed by atoms with E-state index in [2.05, 4.69) is 75.1 Å². The number of ether oxygens (including phenoxy) is 2. The molecular formula is C27H33N5O2. The van der Waals surface area contributed by atoms with Gasteiger partial charge in [-0.15, -0.1) is 0 Å². The van der Waals surface area contributed by atoms with Crippen LogP contribution in [0.2, 0.25) is 0 Å². The first-order valence-corrected chi connectivity index (χ1v) is 12.1. The molecule has 3 heterocycles. The molecule has 2 aromatic carbocycles. The summed E-state index contributed by atoms with van der Waals surface area (Å²) in [6.07, 6.45) is 4.01. The number of nitrogens with one attached hydrogen (secondary N) is 2. The normalized spacial score (nSPS) is 23.6. The van der Waals surface area contributed by atoms with Crippen LogP contribution < -0.4 is 15.5 Å². The van der Waals surface area contributed by atoms with E-state index in [0.29, 0.717) is 19.2 Å². The molecule has 34 heavy (non-hydrogen) atoms. The van der Waals surface area contributed by atoms with Crippen LogP contribution in [0.4, 0.5) is 11.6 Å². The van der Waals surface area contributed by atoms with Gasteiger partial charge in [0.15, 0.2) is 0 Å². The molecule has 7 nitrogen and oxygen atoms in total. The molecule has 2 fully saturated rings. The Morgan fingerprint density at radius 1 is 0.912 bits per heavy atom. The van der Waals surface area contributed by atoms with Crippen molar-refractivity contribution >= 4 is 11.6 Å². The van der Waals surface area contributed by atoms with Gasteiger partial charge >= 0.3 is 0 Å². The Morgan fingerprint density at radius 2 is 1.65 bits per heavy atom. The molecule has 2 saturated heterocycles. The van der Waals surface area contributed by atoms with Gasteiger partial charge in [-0.1, -0.05) is 42.5 Å². The predicted molar refractivity (Wildman–Crippen MR) is 135 cm³/mol. The number of hydrogen-bond acceptors (Lipinski definition) is 7. The Kier molecular flexibility index (Phi) is 7.04. The number of nitrogens with zero attached hydrogens (tertiary/aromatic N) is 3. The van der Waals surface area contributed by atoms with Crippen molar-refractivity contribution in [3.63, 3.8) is 0 Å².